The normalized spacial score (nSPS) is 8.29. The standard InChI is InChI=1S/C7H9N3OS.2ClH/c8-7(9)12-4-5-6(11)2-1-3-10-5;;/h1-3,11H,4H2,(H3,8,9);2*1H. The van der Waals surface area contributed by atoms with Gasteiger partial charge in [0.15, 0.2) is 5.17 Å². The number of halogens is 2. The zero-order valence-corrected chi connectivity index (χ0v) is 9.59. The third kappa shape index (κ3) is 5.16. The fourth-order valence-electron chi connectivity index (χ4n) is 0.687. The van der Waals surface area contributed by atoms with Crippen LogP contribution in [0.1, 0.15) is 5.69 Å². The maximum atomic E-state index is 9.24. The highest BCUT2D eigenvalue weighted by atomic mass is 35.5. The van der Waals surface area contributed by atoms with Gasteiger partial charge in [0, 0.05) is 11.9 Å². The number of amidine groups is 1. The lowest BCUT2D eigenvalue weighted by Gasteiger charge is -2.00. The quantitative estimate of drug-likeness (QED) is 0.556. The molecule has 4 nitrogen and oxygen atoms in total. The molecule has 0 saturated carbocycles. The largest absolute Gasteiger partial charge is 0.506 e. The zero-order chi connectivity index (χ0) is 8.97. The van der Waals surface area contributed by atoms with E-state index in [1.807, 2.05) is 0 Å². The van der Waals surface area contributed by atoms with Crippen LogP contribution in [0.3, 0.4) is 0 Å². The highest BCUT2D eigenvalue weighted by Crippen LogP contribution is 2.18. The van der Waals surface area contributed by atoms with Crippen molar-refractivity contribution in [1.29, 1.82) is 5.41 Å². The molecule has 0 aromatic carbocycles. The summed E-state index contributed by atoms with van der Waals surface area (Å²) in [5, 5.41) is 16.2. The SMILES string of the molecule is Cl.Cl.N=C(N)SCc1ncccc1O. The van der Waals surface area contributed by atoms with Crippen LogP contribution in [0.15, 0.2) is 18.3 Å². The molecule has 0 amide bonds. The number of hydrogen-bond donors (Lipinski definition) is 3. The fraction of sp³-hybridized carbons (Fsp3) is 0.143. The van der Waals surface area contributed by atoms with Gasteiger partial charge in [0.25, 0.3) is 0 Å². The highest BCUT2D eigenvalue weighted by Gasteiger charge is 2.01. The van der Waals surface area contributed by atoms with Gasteiger partial charge in [0.1, 0.15) is 5.75 Å². The molecule has 0 aliphatic rings. The predicted molar refractivity (Wildman–Crippen MR) is 63.6 cm³/mol. The molecule has 0 unspecified atom stereocenters. The summed E-state index contributed by atoms with van der Waals surface area (Å²) in [6.45, 7) is 0. The molecule has 0 fully saturated rings. The summed E-state index contributed by atoms with van der Waals surface area (Å²) in [7, 11) is 0. The Morgan fingerprint density at radius 2 is 2.21 bits per heavy atom. The fourth-order valence-corrected chi connectivity index (χ4v) is 1.20. The lowest BCUT2D eigenvalue weighted by atomic mass is 10.3. The van der Waals surface area contributed by atoms with Crippen molar-refractivity contribution in [2.24, 2.45) is 5.73 Å². The molecule has 4 N–H and O–H groups in total. The predicted octanol–water partition coefficient (Wildman–Crippen LogP) is 1.76. The highest BCUT2D eigenvalue weighted by molar-refractivity contribution is 8.13. The van der Waals surface area contributed by atoms with E-state index in [1.54, 1.807) is 18.3 Å². The van der Waals surface area contributed by atoms with E-state index in [1.165, 1.54) is 0 Å². The minimum Gasteiger partial charge on any atom is -0.506 e. The number of nitrogens with zero attached hydrogens (tertiary/aromatic N) is 1. The number of nitrogens with two attached hydrogens (primary N) is 1. The maximum absolute atomic E-state index is 9.24. The first-order valence-electron chi connectivity index (χ1n) is 3.30. The Labute approximate surface area is 98.6 Å². The van der Waals surface area contributed by atoms with Gasteiger partial charge < -0.3 is 10.8 Å². The number of hydrogen-bond acceptors (Lipinski definition) is 4. The molecule has 80 valence electrons. The van der Waals surface area contributed by atoms with Crippen molar-refractivity contribution in [1.82, 2.24) is 4.98 Å². The summed E-state index contributed by atoms with van der Waals surface area (Å²) in [5.74, 6) is 0.577. The first-order valence-corrected chi connectivity index (χ1v) is 4.28. The van der Waals surface area contributed by atoms with Gasteiger partial charge in [0.2, 0.25) is 0 Å². The van der Waals surface area contributed by atoms with Crippen molar-refractivity contribution in [3.63, 3.8) is 0 Å². The maximum Gasteiger partial charge on any atom is 0.151 e. The Balaban J connectivity index is 0. The topological polar surface area (TPSA) is 83.0 Å². The van der Waals surface area contributed by atoms with E-state index in [9.17, 15) is 5.11 Å². The minimum atomic E-state index is 0. The van der Waals surface area contributed by atoms with Gasteiger partial charge in [-0.05, 0) is 12.1 Å². The summed E-state index contributed by atoms with van der Waals surface area (Å²) in [4.78, 5) is 3.93. The average molecular weight is 256 g/mol. The van der Waals surface area contributed by atoms with Crippen LogP contribution < -0.4 is 5.73 Å². The van der Waals surface area contributed by atoms with E-state index in [4.69, 9.17) is 11.1 Å². The lowest BCUT2D eigenvalue weighted by Crippen LogP contribution is -2.04. The van der Waals surface area contributed by atoms with E-state index >= 15 is 0 Å². The molecule has 0 bridgehead atoms. The van der Waals surface area contributed by atoms with Gasteiger partial charge in [-0.15, -0.1) is 24.8 Å². The van der Waals surface area contributed by atoms with Crippen LogP contribution >= 0.6 is 36.6 Å². The molecule has 0 spiro atoms. The van der Waals surface area contributed by atoms with E-state index in [0.29, 0.717) is 11.4 Å². The molecule has 1 rings (SSSR count). The van der Waals surface area contributed by atoms with Gasteiger partial charge in [-0.2, -0.15) is 0 Å². The monoisotopic (exact) mass is 255 g/mol. The van der Waals surface area contributed by atoms with Crippen LogP contribution in [0.25, 0.3) is 0 Å². The van der Waals surface area contributed by atoms with Gasteiger partial charge >= 0.3 is 0 Å². The minimum absolute atomic E-state index is 0. The van der Waals surface area contributed by atoms with Crippen molar-refractivity contribution in [3.05, 3.63) is 24.0 Å². The number of aromatic hydroxyl groups is 1. The van der Waals surface area contributed by atoms with Crippen LogP contribution in [0.4, 0.5) is 0 Å². The van der Waals surface area contributed by atoms with E-state index in [0.717, 1.165) is 11.8 Å². The second-order valence-electron chi connectivity index (χ2n) is 2.12. The number of aromatic nitrogens is 1. The molecule has 0 radical (unpaired) electrons. The molecule has 1 aromatic rings. The summed E-state index contributed by atoms with van der Waals surface area (Å²) in [6.07, 6.45) is 1.59. The average Bonchev–Trinajstić information content (AvgIpc) is 2.03. The van der Waals surface area contributed by atoms with Crippen molar-refractivity contribution in [2.45, 2.75) is 5.75 Å². The Morgan fingerprint density at radius 1 is 1.57 bits per heavy atom. The molecule has 0 atom stereocenters. The van der Waals surface area contributed by atoms with Gasteiger partial charge in [0.05, 0.1) is 5.69 Å². The molecule has 14 heavy (non-hydrogen) atoms. The third-order valence-electron chi connectivity index (χ3n) is 1.23. The number of pyridine rings is 1. The first-order chi connectivity index (χ1) is 5.70. The van der Waals surface area contributed by atoms with Crippen LogP contribution in [0.2, 0.25) is 0 Å². The third-order valence-corrected chi connectivity index (χ3v) is 1.96. The van der Waals surface area contributed by atoms with E-state index in [2.05, 4.69) is 4.98 Å². The molecular weight excluding hydrogens is 245 g/mol. The molecule has 0 aliphatic heterocycles. The Kier molecular flexibility index (Phi) is 8.72. The number of thioether (sulfide) groups is 1. The smallest absolute Gasteiger partial charge is 0.151 e. The zero-order valence-electron chi connectivity index (χ0n) is 7.14. The summed E-state index contributed by atoms with van der Waals surface area (Å²) < 4.78 is 0. The Morgan fingerprint density at radius 3 is 2.71 bits per heavy atom. The van der Waals surface area contributed by atoms with Crippen LogP contribution in [-0.2, 0) is 5.75 Å². The van der Waals surface area contributed by atoms with Gasteiger partial charge in [-0.1, -0.05) is 11.8 Å². The first kappa shape index (κ1) is 15.8. The molecule has 0 aliphatic carbocycles. The number of rotatable bonds is 2. The van der Waals surface area contributed by atoms with Crippen LogP contribution in [-0.4, -0.2) is 15.3 Å². The summed E-state index contributed by atoms with van der Waals surface area (Å²) >= 11 is 1.14. The van der Waals surface area contributed by atoms with Crippen molar-refractivity contribution < 1.29 is 5.11 Å². The lowest BCUT2D eigenvalue weighted by molar-refractivity contribution is 0.467. The second-order valence-corrected chi connectivity index (χ2v) is 3.14. The van der Waals surface area contributed by atoms with Crippen molar-refractivity contribution in [2.75, 3.05) is 0 Å². The Hall–Kier alpha value is -0.650. The van der Waals surface area contributed by atoms with E-state index in [-0.39, 0.29) is 35.7 Å². The molecular formula is C7H11Cl2N3OS. The van der Waals surface area contributed by atoms with Crippen molar-refractivity contribution >= 4 is 41.7 Å². The second kappa shape index (κ2) is 7.73. The van der Waals surface area contributed by atoms with Gasteiger partial charge in [-0.3, -0.25) is 10.4 Å². The van der Waals surface area contributed by atoms with E-state index < -0.39 is 0 Å². The van der Waals surface area contributed by atoms with Gasteiger partial charge in [-0.25, -0.2) is 0 Å². The molecule has 0 saturated heterocycles. The number of nitrogens with one attached hydrogen (secondary N) is 1. The van der Waals surface area contributed by atoms with Crippen LogP contribution in [0, 0.1) is 5.41 Å². The molecule has 1 heterocycles. The summed E-state index contributed by atoms with van der Waals surface area (Å²) in [6, 6.07) is 3.21. The van der Waals surface area contributed by atoms with Crippen molar-refractivity contribution in [3.8, 4) is 5.75 Å². The Bertz CT molecular complexity index is 298. The van der Waals surface area contributed by atoms with Crippen LogP contribution in [0.5, 0.6) is 5.75 Å². The molecule has 7 heteroatoms. The molecule has 1 aromatic heterocycles. The summed E-state index contributed by atoms with van der Waals surface area (Å²) in [5.41, 5.74) is 5.68.